The highest BCUT2D eigenvalue weighted by Gasteiger charge is 2.34. The van der Waals surface area contributed by atoms with Crippen LogP contribution in [-0.4, -0.2) is 18.5 Å². The zero-order valence-corrected chi connectivity index (χ0v) is 12.0. The molecule has 0 aliphatic rings. The normalized spacial score (nSPS) is 13.1. The summed E-state index contributed by atoms with van der Waals surface area (Å²) in [7, 11) is 0. The maximum absolute atomic E-state index is 13.1. The van der Waals surface area contributed by atoms with Crippen molar-refractivity contribution in [2.24, 2.45) is 5.92 Å². The Kier molecular flexibility index (Phi) is 5.57. The molecule has 2 N–H and O–H groups in total. The Morgan fingerprint density at radius 3 is 2.38 bits per heavy atom. The number of halogens is 4. The molecule has 1 rings (SSSR count). The van der Waals surface area contributed by atoms with Crippen LogP contribution in [-0.2, 0) is 11.0 Å². The van der Waals surface area contributed by atoms with E-state index in [0.29, 0.717) is 6.07 Å². The molecule has 7 heteroatoms. The highest BCUT2D eigenvalue weighted by Crippen LogP contribution is 2.32. The van der Waals surface area contributed by atoms with E-state index < -0.39 is 17.6 Å². The summed E-state index contributed by atoms with van der Waals surface area (Å²) >= 11 is 0. The molecular weight excluding hydrogens is 288 g/mol. The summed E-state index contributed by atoms with van der Waals surface area (Å²) in [6.45, 7) is 5.53. The molecule has 0 spiro atoms. The third kappa shape index (κ3) is 5.24. The van der Waals surface area contributed by atoms with E-state index in [9.17, 15) is 22.4 Å². The fourth-order valence-corrected chi connectivity index (χ4v) is 1.51. The van der Waals surface area contributed by atoms with Crippen LogP contribution < -0.4 is 10.6 Å². The Morgan fingerprint density at radius 2 is 1.86 bits per heavy atom. The Morgan fingerprint density at radius 1 is 1.24 bits per heavy atom. The molecule has 1 aromatic rings. The Balaban J connectivity index is 2.66. The zero-order chi connectivity index (χ0) is 16.2. The number of alkyl halides is 3. The van der Waals surface area contributed by atoms with Crippen molar-refractivity contribution in [2.45, 2.75) is 33.0 Å². The van der Waals surface area contributed by atoms with Gasteiger partial charge in [0.05, 0.1) is 12.1 Å². The third-order valence-electron chi connectivity index (χ3n) is 3.11. The van der Waals surface area contributed by atoms with Crippen molar-refractivity contribution in [3.05, 3.63) is 29.6 Å². The van der Waals surface area contributed by atoms with Crippen molar-refractivity contribution in [1.29, 1.82) is 0 Å². The van der Waals surface area contributed by atoms with E-state index in [0.717, 1.165) is 12.1 Å². The van der Waals surface area contributed by atoms with Gasteiger partial charge in [-0.2, -0.15) is 13.2 Å². The number of carbonyl (C=O) groups is 1. The van der Waals surface area contributed by atoms with Crippen molar-refractivity contribution in [2.75, 3.05) is 11.9 Å². The summed E-state index contributed by atoms with van der Waals surface area (Å²) in [4.78, 5) is 11.6. The van der Waals surface area contributed by atoms with Gasteiger partial charge in [-0.3, -0.25) is 4.79 Å². The highest BCUT2D eigenvalue weighted by molar-refractivity contribution is 5.81. The van der Waals surface area contributed by atoms with E-state index in [1.54, 1.807) is 0 Å². The van der Waals surface area contributed by atoms with Gasteiger partial charge >= 0.3 is 6.18 Å². The number of benzene rings is 1. The van der Waals surface area contributed by atoms with Gasteiger partial charge in [0, 0.05) is 11.7 Å². The van der Waals surface area contributed by atoms with Crippen molar-refractivity contribution in [3.8, 4) is 0 Å². The molecule has 0 radical (unpaired) electrons. The molecule has 0 saturated heterocycles. The molecule has 0 fully saturated rings. The molecule has 0 aliphatic heterocycles. The maximum atomic E-state index is 13.1. The first-order valence-electron chi connectivity index (χ1n) is 6.51. The van der Waals surface area contributed by atoms with Crippen LogP contribution in [0.2, 0.25) is 0 Å². The molecule has 1 aromatic carbocycles. The van der Waals surface area contributed by atoms with Crippen LogP contribution in [0.1, 0.15) is 26.3 Å². The van der Waals surface area contributed by atoms with Crippen LogP contribution in [0.15, 0.2) is 18.2 Å². The summed E-state index contributed by atoms with van der Waals surface area (Å²) in [5.41, 5.74) is -1.32. The summed E-state index contributed by atoms with van der Waals surface area (Å²) < 4.78 is 50.7. The number of carbonyl (C=O) groups excluding carboxylic acids is 1. The summed E-state index contributed by atoms with van der Waals surface area (Å²) in [5.74, 6) is -1.43. The van der Waals surface area contributed by atoms with Gasteiger partial charge in [0.2, 0.25) is 5.91 Å². The Bertz CT molecular complexity index is 500. The van der Waals surface area contributed by atoms with Gasteiger partial charge in [-0.1, -0.05) is 13.8 Å². The van der Waals surface area contributed by atoms with Gasteiger partial charge in [0.15, 0.2) is 0 Å². The van der Waals surface area contributed by atoms with E-state index >= 15 is 0 Å². The van der Waals surface area contributed by atoms with E-state index in [-0.39, 0.29) is 30.1 Å². The molecule has 1 unspecified atom stereocenters. The number of hydrogen-bond donors (Lipinski definition) is 2. The zero-order valence-electron chi connectivity index (χ0n) is 12.0. The van der Waals surface area contributed by atoms with Crippen LogP contribution in [0.3, 0.4) is 0 Å². The van der Waals surface area contributed by atoms with Crippen LogP contribution in [0, 0.1) is 11.7 Å². The van der Waals surface area contributed by atoms with E-state index in [2.05, 4.69) is 10.6 Å². The topological polar surface area (TPSA) is 41.1 Å². The number of nitrogens with one attached hydrogen (secondary N) is 2. The van der Waals surface area contributed by atoms with Gasteiger partial charge in [0.25, 0.3) is 0 Å². The van der Waals surface area contributed by atoms with Gasteiger partial charge in [-0.15, -0.1) is 0 Å². The second-order valence-corrected chi connectivity index (χ2v) is 5.15. The van der Waals surface area contributed by atoms with E-state index in [1.807, 2.05) is 20.8 Å². The lowest BCUT2D eigenvalue weighted by atomic mass is 10.1. The third-order valence-corrected chi connectivity index (χ3v) is 3.11. The largest absolute Gasteiger partial charge is 0.419 e. The molecule has 1 amide bonds. The van der Waals surface area contributed by atoms with Gasteiger partial charge in [0.1, 0.15) is 5.82 Å². The summed E-state index contributed by atoms with van der Waals surface area (Å²) in [6, 6.07) is 2.48. The first-order valence-corrected chi connectivity index (χ1v) is 6.51. The van der Waals surface area contributed by atoms with Crippen molar-refractivity contribution in [3.63, 3.8) is 0 Å². The van der Waals surface area contributed by atoms with Crippen LogP contribution in [0.5, 0.6) is 0 Å². The molecular formula is C14H18F4N2O. The lowest BCUT2D eigenvalue weighted by Gasteiger charge is -2.18. The second kappa shape index (κ2) is 6.78. The fourth-order valence-electron chi connectivity index (χ4n) is 1.51. The highest BCUT2D eigenvalue weighted by atomic mass is 19.4. The minimum absolute atomic E-state index is 0.0380. The first kappa shape index (κ1) is 17.3. The minimum Gasteiger partial charge on any atom is -0.376 e. The standard InChI is InChI=1S/C14H18F4N2O/c1-8(2)9(3)20-13(21)7-19-10-4-5-12(15)11(6-10)14(16,17)18/h4-6,8-9,19H,7H2,1-3H3,(H,20,21). The molecule has 0 aliphatic carbocycles. The molecule has 118 valence electrons. The lowest BCUT2D eigenvalue weighted by Crippen LogP contribution is -2.39. The van der Waals surface area contributed by atoms with Crippen molar-refractivity contribution in [1.82, 2.24) is 5.32 Å². The number of rotatable bonds is 5. The number of anilines is 1. The number of amides is 1. The first-order chi connectivity index (χ1) is 9.61. The molecule has 0 bridgehead atoms. The average Bonchev–Trinajstić information content (AvgIpc) is 2.36. The van der Waals surface area contributed by atoms with Crippen molar-refractivity contribution >= 4 is 11.6 Å². The van der Waals surface area contributed by atoms with Crippen LogP contribution in [0.4, 0.5) is 23.2 Å². The monoisotopic (exact) mass is 306 g/mol. The number of hydrogen-bond acceptors (Lipinski definition) is 2. The van der Waals surface area contributed by atoms with Crippen LogP contribution in [0.25, 0.3) is 0 Å². The fraction of sp³-hybridized carbons (Fsp3) is 0.500. The maximum Gasteiger partial charge on any atom is 0.419 e. The SMILES string of the molecule is CC(C)C(C)NC(=O)CNc1ccc(F)c(C(F)(F)F)c1. The molecule has 0 aromatic heterocycles. The van der Waals surface area contributed by atoms with E-state index in [4.69, 9.17) is 0 Å². The van der Waals surface area contributed by atoms with Crippen molar-refractivity contribution < 1.29 is 22.4 Å². The van der Waals surface area contributed by atoms with Crippen LogP contribution >= 0.6 is 0 Å². The minimum atomic E-state index is -4.77. The van der Waals surface area contributed by atoms with Gasteiger partial charge < -0.3 is 10.6 Å². The second-order valence-electron chi connectivity index (χ2n) is 5.15. The van der Waals surface area contributed by atoms with Gasteiger partial charge in [-0.05, 0) is 31.0 Å². The average molecular weight is 306 g/mol. The summed E-state index contributed by atoms with van der Waals surface area (Å²) in [6.07, 6.45) is -4.77. The Hall–Kier alpha value is -1.79. The predicted octanol–water partition coefficient (Wildman–Crippen LogP) is 3.42. The molecule has 0 heterocycles. The lowest BCUT2D eigenvalue weighted by molar-refractivity contribution is -0.139. The molecule has 3 nitrogen and oxygen atoms in total. The molecule has 21 heavy (non-hydrogen) atoms. The quantitative estimate of drug-likeness (QED) is 0.819. The van der Waals surface area contributed by atoms with Gasteiger partial charge in [-0.25, -0.2) is 4.39 Å². The summed E-state index contributed by atoms with van der Waals surface area (Å²) in [5, 5.41) is 5.26. The van der Waals surface area contributed by atoms with E-state index in [1.165, 1.54) is 0 Å². The predicted molar refractivity (Wildman–Crippen MR) is 72.3 cm³/mol. The molecule has 1 atom stereocenters. The smallest absolute Gasteiger partial charge is 0.376 e. The Labute approximate surface area is 120 Å². The molecule has 0 saturated carbocycles.